The van der Waals surface area contributed by atoms with Gasteiger partial charge in [0.05, 0.1) is 6.10 Å². The van der Waals surface area contributed by atoms with E-state index in [4.69, 9.17) is 4.74 Å². The van der Waals surface area contributed by atoms with E-state index in [0.717, 1.165) is 58.7 Å². The summed E-state index contributed by atoms with van der Waals surface area (Å²) in [6.07, 6.45) is 7.66. The minimum atomic E-state index is 0.304. The van der Waals surface area contributed by atoms with Crippen molar-refractivity contribution in [3.8, 4) is 0 Å². The zero-order chi connectivity index (χ0) is 18.3. The predicted octanol–water partition coefficient (Wildman–Crippen LogP) is 2.78. The van der Waals surface area contributed by atoms with E-state index in [1.165, 1.54) is 17.7 Å². The number of hydrogen-bond acceptors (Lipinski definition) is 6. The van der Waals surface area contributed by atoms with Gasteiger partial charge < -0.3 is 15.0 Å². The number of hydrogen-bond donors (Lipinski definition) is 1. The number of rotatable bonds is 6. The van der Waals surface area contributed by atoms with Crippen LogP contribution in [0.1, 0.15) is 24.8 Å². The fourth-order valence-corrected chi connectivity index (χ4v) is 3.82. The molecule has 2 aromatic rings. The first-order valence-electron chi connectivity index (χ1n) is 10.1. The molecular formula is C21H29N5O. The highest BCUT2D eigenvalue weighted by Crippen LogP contribution is 2.17. The van der Waals surface area contributed by atoms with Crippen molar-refractivity contribution in [2.75, 3.05) is 49.5 Å². The fourth-order valence-electron chi connectivity index (χ4n) is 3.82. The molecule has 2 fully saturated rings. The Morgan fingerprint density at radius 3 is 2.63 bits per heavy atom. The lowest BCUT2D eigenvalue weighted by Gasteiger charge is -2.23. The predicted molar refractivity (Wildman–Crippen MR) is 108 cm³/mol. The van der Waals surface area contributed by atoms with Crippen molar-refractivity contribution < 1.29 is 4.74 Å². The molecule has 0 radical (unpaired) electrons. The largest absolute Gasteiger partial charge is 0.376 e. The second kappa shape index (κ2) is 9.15. The van der Waals surface area contributed by atoms with Gasteiger partial charge in [0.2, 0.25) is 5.95 Å². The van der Waals surface area contributed by atoms with Crippen molar-refractivity contribution in [1.82, 2.24) is 14.9 Å². The number of benzene rings is 1. The van der Waals surface area contributed by atoms with Gasteiger partial charge >= 0.3 is 0 Å². The van der Waals surface area contributed by atoms with Crippen molar-refractivity contribution in [3.05, 3.63) is 48.3 Å². The maximum Gasteiger partial charge on any atom is 0.222 e. The Morgan fingerprint density at radius 2 is 1.85 bits per heavy atom. The van der Waals surface area contributed by atoms with Gasteiger partial charge in [-0.25, -0.2) is 9.97 Å². The molecule has 0 bridgehead atoms. The van der Waals surface area contributed by atoms with Gasteiger partial charge in [-0.05, 0) is 31.4 Å². The van der Waals surface area contributed by atoms with Crippen LogP contribution < -0.4 is 10.2 Å². The maximum atomic E-state index is 5.62. The molecule has 144 valence electrons. The Bertz CT molecular complexity index is 687. The zero-order valence-electron chi connectivity index (χ0n) is 15.9. The molecule has 0 aliphatic carbocycles. The van der Waals surface area contributed by atoms with E-state index in [1.807, 2.05) is 12.4 Å². The van der Waals surface area contributed by atoms with Crippen LogP contribution in [-0.2, 0) is 11.3 Å². The lowest BCUT2D eigenvalue weighted by atomic mass is 10.2. The highest BCUT2D eigenvalue weighted by Gasteiger charge is 2.17. The SMILES string of the molecule is c1ccc(N2CCCN(Cc3cnc(NCC4CCCO4)nc3)CC2)cc1. The topological polar surface area (TPSA) is 53.5 Å². The van der Waals surface area contributed by atoms with E-state index in [-0.39, 0.29) is 0 Å². The van der Waals surface area contributed by atoms with E-state index in [9.17, 15) is 0 Å². The van der Waals surface area contributed by atoms with Crippen molar-refractivity contribution in [3.63, 3.8) is 0 Å². The van der Waals surface area contributed by atoms with Gasteiger partial charge in [0.15, 0.2) is 0 Å². The summed E-state index contributed by atoms with van der Waals surface area (Å²) >= 11 is 0. The zero-order valence-corrected chi connectivity index (χ0v) is 15.9. The molecule has 1 unspecified atom stereocenters. The molecule has 0 saturated carbocycles. The minimum absolute atomic E-state index is 0.304. The number of aromatic nitrogens is 2. The summed E-state index contributed by atoms with van der Waals surface area (Å²) in [4.78, 5) is 13.9. The summed E-state index contributed by atoms with van der Waals surface area (Å²) < 4.78 is 5.62. The van der Waals surface area contributed by atoms with Crippen molar-refractivity contribution in [1.29, 1.82) is 0 Å². The first kappa shape index (κ1) is 18.2. The summed E-state index contributed by atoms with van der Waals surface area (Å²) in [6, 6.07) is 10.7. The molecule has 2 aliphatic rings. The molecule has 1 atom stereocenters. The molecule has 3 heterocycles. The summed E-state index contributed by atoms with van der Waals surface area (Å²) in [7, 11) is 0. The molecule has 2 saturated heterocycles. The first-order chi connectivity index (χ1) is 13.4. The normalized spacial score (nSPS) is 21.2. The monoisotopic (exact) mass is 367 g/mol. The molecule has 0 amide bonds. The first-order valence-corrected chi connectivity index (χ1v) is 10.1. The van der Waals surface area contributed by atoms with E-state index >= 15 is 0 Å². The van der Waals surface area contributed by atoms with Crippen LogP contribution in [0.15, 0.2) is 42.7 Å². The summed E-state index contributed by atoms with van der Waals surface area (Å²) in [5, 5.41) is 3.28. The Hall–Kier alpha value is -2.18. The Morgan fingerprint density at radius 1 is 1.00 bits per heavy atom. The van der Waals surface area contributed by atoms with Crippen LogP contribution in [0, 0.1) is 0 Å². The van der Waals surface area contributed by atoms with Crippen LogP contribution in [0.2, 0.25) is 0 Å². The standard InChI is InChI=1S/C21H29N5O/c1-2-6-19(7-3-1)26-10-5-9-25(11-12-26)17-18-14-22-21(23-15-18)24-16-20-8-4-13-27-20/h1-3,6-7,14-15,20H,4-5,8-13,16-17H2,(H,22,23,24). The van der Waals surface area contributed by atoms with Crippen LogP contribution in [0.5, 0.6) is 0 Å². The molecule has 6 heteroatoms. The molecule has 27 heavy (non-hydrogen) atoms. The third kappa shape index (κ3) is 5.17. The summed E-state index contributed by atoms with van der Waals surface area (Å²) in [5.74, 6) is 0.695. The van der Waals surface area contributed by atoms with E-state index in [0.29, 0.717) is 12.1 Å². The lowest BCUT2D eigenvalue weighted by Crippen LogP contribution is -2.30. The minimum Gasteiger partial charge on any atom is -0.376 e. The summed E-state index contributed by atoms with van der Waals surface area (Å²) in [5.41, 5.74) is 2.50. The lowest BCUT2D eigenvalue weighted by molar-refractivity contribution is 0.120. The third-order valence-electron chi connectivity index (χ3n) is 5.33. The molecular weight excluding hydrogens is 338 g/mol. The van der Waals surface area contributed by atoms with Crippen molar-refractivity contribution in [2.24, 2.45) is 0 Å². The Kier molecular flexibility index (Phi) is 6.17. The molecule has 1 aromatic heterocycles. The van der Waals surface area contributed by atoms with Crippen molar-refractivity contribution >= 4 is 11.6 Å². The number of para-hydroxylation sites is 1. The van der Waals surface area contributed by atoms with Gasteiger partial charge in [-0.15, -0.1) is 0 Å². The highest BCUT2D eigenvalue weighted by atomic mass is 16.5. The Labute approximate surface area is 161 Å². The number of anilines is 2. The second-order valence-corrected chi connectivity index (χ2v) is 7.38. The van der Waals surface area contributed by atoms with Gasteiger partial charge in [0.25, 0.3) is 0 Å². The molecule has 6 nitrogen and oxygen atoms in total. The average Bonchev–Trinajstić information content (AvgIpc) is 3.13. The summed E-state index contributed by atoms with van der Waals surface area (Å²) in [6.45, 7) is 6.93. The van der Waals surface area contributed by atoms with Gasteiger partial charge in [-0.3, -0.25) is 4.90 Å². The van der Waals surface area contributed by atoms with Crippen LogP contribution in [0.25, 0.3) is 0 Å². The smallest absolute Gasteiger partial charge is 0.222 e. The Balaban J connectivity index is 1.26. The second-order valence-electron chi connectivity index (χ2n) is 7.38. The van der Waals surface area contributed by atoms with Crippen LogP contribution >= 0.6 is 0 Å². The highest BCUT2D eigenvalue weighted by molar-refractivity contribution is 5.46. The maximum absolute atomic E-state index is 5.62. The van der Waals surface area contributed by atoms with Gasteiger partial charge in [-0.2, -0.15) is 0 Å². The van der Waals surface area contributed by atoms with Crippen LogP contribution in [-0.4, -0.2) is 60.3 Å². The van der Waals surface area contributed by atoms with Gasteiger partial charge in [-0.1, -0.05) is 18.2 Å². The van der Waals surface area contributed by atoms with E-state index < -0.39 is 0 Å². The number of nitrogens with zero attached hydrogens (tertiary/aromatic N) is 4. The number of nitrogens with one attached hydrogen (secondary N) is 1. The molecule has 1 aromatic carbocycles. The quantitative estimate of drug-likeness (QED) is 0.847. The number of ether oxygens (including phenoxy) is 1. The van der Waals surface area contributed by atoms with E-state index in [2.05, 4.69) is 55.4 Å². The molecule has 1 N–H and O–H groups in total. The van der Waals surface area contributed by atoms with Crippen LogP contribution in [0.3, 0.4) is 0 Å². The fraction of sp³-hybridized carbons (Fsp3) is 0.524. The van der Waals surface area contributed by atoms with Gasteiger partial charge in [0, 0.05) is 69.5 Å². The third-order valence-corrected chi connectivity index (χ3v) is 5.33. The van der Waals surface area contributed by atoms with Crippen LogP contribution in [0.4, 0.5) is 11.6 Å². The molecule has 4 rings (SSSR count). The average molecular weight is 367 g/mol. The molecule has 2 aliphatic heterocycles. The molecule has 0 spiro atoms. The van der Waals surface area contributed by atoms with Crippen molar-refractivity contribution in [2.45, 2.75) is 31.9 Å². The van der Waals surface area contributed by atoms with Gasteiger partial charge in [0.1, 0.15) is 0 Å². The van der Waals surface area contributed by atoms with E-state index in [1.54, 1.807) is 0 Å².